The van der Waals surface area contributed by atoms with Gasteiger partial charge in [0.05, 0.1) is 5.56 Å². The molecule has 182 valence electrons. The first-order chi connectivity index (χ1) is 15.9. The van der Waals surface area contributed by atoms with Gasteiger partial charge in [0.15, 0.2) is 0 Å². The van der Waals surface area contributed by atoms with Crippen molar-refractivity contribution in [2.75, 3.05) is 13.2 Å². The maximum absolute atomic E-state index is 13.3. The van der Waals surface area contributed by atoms with E-state index in [4.69, 9.17) is 4.74 Å². The molecule has 3 rings (SSSR count). The van der Waals surface area contributed by atoms with Gasteiger partial charge in [-0.1, -0.05) is 75.4 Å². The second-order valence-corrected chi connectivity index (χ2v) is 9.53. The van der Waals surface area contributed by atoms with Crippen LogP contribution in [0.15, 0.2) is 72.8 Å². The third-order valence-corrected chi connectivity index (χ3v) is 5.78. The Bertz CT molecular complexity index is 1050. The molecular weight excluding hydrogens is 439 g/mol. The number of hydrogen-bond acceptors (Lipinski definition) is 3. The molecule has 2 unspecified atom stereocenters. The fraction of sp³-hybridized carbons (Fsp3) is 0.357. The molecule has 0 aliphatic heterocycles. The highest BCUT2D eigenvalue weighted by molar-refractivity contribution is 5.68. The van der Waals surface area contributed by atoms with Crippen LogP contribution in [0.25, 0.3) is 11.1 Å². The maximum atomic E-state index is 13.3. The first-order valence-corrected chi connectivity index (χ1v) is 11.4. The van der Waals surface area contributed by atoms with Gasteiger partial charge in [-0.3, -0.25) is 0 Å². The van der Waals surface area contributed by atoms with Crippen molar-refractivity contribution in [2.45, 2.75) is 51.4 Å². The van der Waals surface area contributed by atoms with Crippen LogP contribution in [-0.4, -0.2) is 24.4 Å². The van der Waals surface area contributed by atoms with E-state index in [0.29, 0.717) is 17.9 Å². The number of halogens is 3. The SMILES string of the molecule is CC(NCC(O)COc1ccc(C(C)(C)C)cc1)c1ccc(-c2ccccc2C(F)(F)F)cc1. The molecule has 2 N–H and O–H groups in total. The van der Waals surface area contributed by atoms with Crippen LogP contribution in [0.3, 0.4) is 0 Å². The van der Waals surface area contributed by atoms with Crippen molar-refractivity contribution >= 4 is 0 Å². The molecule has 34 heavy (non-hydrogen) atoms. The van der Waals surface area contributed by atoms with E-state index >= 15 is 0 Å². The van der Waals surface area contributed by atoms with Crippen molar-refractivity contribution in [3.63, 3.8) is 0 Å². The molecule has 0 aliphatic carbocycles. The van der Waals surface area contributed by atoms with Crippen LogP contribution in [-0.2, 0) is 11.6 Å². The molecule has 3 nitrogen and oxygen atoms in total. The minimum absolute atomic E-state index is 0.0675. The Morgan fingerprint density at radius 2 is 1.50 bits per heavy atom. The fourth-order valence-electron chi connectivity index (χ4n) is 3.67. The zero-order valence-electron chi connectivity index (χ0n) is 20.0. The lowest BCUT2D eigenvalue weighted by Gasteiger charge is -2.20. The van der Waals surface area contributed by atoms with E-state index in [2.05, 4.69) is 26.1 Å². The third-order valence-electron chi connectivity index (χ3n) is 5.78. The molecule has 0 aromatic heterocycles. The summed E-state index contributed by atoms with van der Waals surface area (Å²) in [5, 5.41) is 13.5. The zero-order chi connectivity index (χ0) is 24.9. The average Bonchev–Trinajstić information content (AvgIpc) is 2.80. The van der Waals surface area contributed by atoms with Crippen molar-refractivity contribution in [1.29, 1.82) is 0 Å². The molecule has 6 heteroatoms. The molecule has 0 bridgehead atoms. The minimum atomic E-state index is -4.41. The van der Waals surface area contributed by atoms with E-state index in [0.717, 1.165) is 11.6 Å². The summed E-state index contributed by atoms with van der Waals surface area (Å²) >= 11 is 0. The van der Waals surface area contributed by atoms with Crippen molar-refractivity contribution < 1.29 is 23.0 Å². The third kappa shape index (κ3) is 6.84. The molecule has 0 saturated carbocycles. The number of benzene rings is 3. The summed E-state index contributed by atoms with van der Waals surface area (Å²) in [6, 6.07) is 20.3. The number of alkyl halides is 3. The first kappa shape index (κ1) is 25.8. The highest BCUT2D eigenvalue weighted by atomic mass is 19.4. The van der Waals surface area contributed by atoms with E-state index in [-0.39, 0.29) is 23.6 Å². The molecule has 0 fully saturated rings. The van der Waals surface area contributed by atoms with E-state index in [1.807, 2.05) is 31.2 Å². The standard InChI is InChI=1S/C28H32F3NO2/c1-19(32-17-23(33)18-34-24-15-13-22(14-16-24)27(2,3)4)20-9-11-21(12-10-20)25-7-5-6-8-26(25)28(29,30)31/h5-16,19,23,32-33H,17-18H2,1-4H3. The highest BCUT2D eigenvalue weighted by Crippen LogP contribution is 2.37. The average molecular weight is 472 g/mol. The fourth-order valence-corrected chi connectivity index (χ4v) is 3.67. The largest absolute Gasteiger partial charge is 0.491 e. The van der Waals surface area contributed by atoms with Crippen molar-refractivity contribution in [2.24, 2.45) is 0 Å². The molecule has 0 radical (unpaired) electrons. The summed E-state index contributed by atoms with van der Waals surface area (Å²) in [6.07, 6.45) is -5.11. The van der Waals surface area contributed by atoms with Crippen LogP contribution in [0.5, 0.6) is 5.75 Å². The predicted molar refractivity (Wildman–Crippen MR) is 130 cm³/mol. The summed E-state index contributed by atoms with van der Waals surface area (Å²) in [4.78, 5) is 0. The maximum Gasteiger partial charge on any atom is 0.417 e. The molecule has 0 spiro atoms. The van der Waals surface area contributed by atoms with Crippen molar-refractivity contribution in [3.8, 4) is 16.9 Å². The topological polar surface area (TPSA) is 41.5 Å². The molecule has 0 saturated heterocycles. The lowest BCUT2D eigenvalue weighted by molar-refractivity contribution is -0.137. The van der Waals surface area contributed by atoms with Gasteiger partial charge in [-0.2, -0.15) is 13.2 Å². The minimum Gasteiger partial charge on any atom is -0.491 e. The second-order valence-electron chi connectivity index (χ2n) is 9.53. The number of ether oxygens (including phenoxy) is 1. The Morgan fingerprint density at radius 3 is 2.09 bits per heavy atom. The van der Waals surface area contributed by atoms with Crippen LogP contribution in [0.1, 0.15) is 50.4 Å². The molecule has 3 aromatic carbocycles. The molecular formula is C28H32F3NO2. The van der Waals surface area contributed by atoms with Gasteiger partial charge < -0.3 is 15.2 Å². The van der Waals surface area contributed by atoms with Gasteiger partial charge in [-0.05, 0) is 52.8 Å². The Hall–Kier alpha value is -2.83. The van der Waals surface area contributed by atoms with Crippen molar-refractivity contribution in [3.05, 3.63) is 89.5 Å². The molecule has 0 heterocycles. The van der Waals surface area contributed by atoms with Gasteiger partial charge >= 0.3 is 6.18 Å². The normalized spacial score (nSPS) is 14.0. The molecule has 0 aliphatic rings. The van der Waals surface area contributed by atoms with E-state index in [1.54, 1.807) is 30.3 Å². The van der Waals surface area contributed by atoms with Gasteiger partial charge in [0.25, 0.3) is 0 Å². The monoisotopic (exact) mass is 471 g/mol. The highest BCUT2D eigenvalue weighted by Gasteiger charge is 2.33. The Labute approximate surface area is 199 Å². The van der Waals surface area contributed by atoms with Crippen LogP contribution >= 0.6 is 0 Å². The van der Waals surface area contributed by atoms with Crippen LogP contribution in [0, 0.1) is 0 Å². The summed E-state index contributed by atoms with van der Waals surface area (Å²) < 4.78 is 45.6. The number of nitrogens with one attached hydrogen (secondary N) is 1. The summed E-state index contributed by atoms with van der Waals surface area (Å²) in [5.74, 6) is 0.704. The number of rotatable bonds is 8. The van der Waals surface area contributed by atoms with Gasteiger partial charge in [-0.25, -0.2) is 0 Å². The molecule has 3 aromatic rings. The lowest BCUT2D eigenvalue weighted by Crippen LogP contribution is -2.33. The Balaban J connectivity index is 1.53. The summed E-state index contributed by atoms with van der Waals surface area (Å²) in [5.41, 5.74) is 2.21. The zero-order valence-corrected chi connectivity index (χ0v) is 20.0. The van der Waals surface area contributed by atoms with Gasteiger partial charge in [0.2, 0.25) is 0 Å². The van der Waals surface area contributed by atoms with E-state index in [9.17, 15) is 18.3 Å². The van der Waals surface area contributed by atoms with Gasteiger partial charge in [0, 0.05) is 12.6 Å². The quantitative estimate of drug-likeness (QED) is 0.381. The van der Waals surface area contributed by atoms with Gasteiger partial charge in [0.1, 0.15) is 18.5 Å². The first-order valence-electron chi connectivity index (χ1n) is 11.4. The van der Waals surface area contributed by atoms with Crippen LogP contribution < -0.4 is 10.1 Å². The second kappa shape index (κ2) is 10.6. The molecule has 2 atom stereocenters. The Morgan fingerprint density at radius 1 is 0.882 bits per heavy atom. The lowest BCUT2D eigenvalue weighted by atomic mass is 9.87. The number of aliphatic hydroxyl groups excluding tert-OH is 1. The van der Waals surface area contributed by atoms with Crippen molar-refractivity contribution in [1.82, 2.24) is 5.32 Å². The van der Waals surface area contributed by atoms with Crippen LogP contribution in [0.2, 0.25) is 0 Å². The predicted octanol–water partition coefficient (Wildman–Crippen LogP) is 6.76. The van der Waals surface area contributed by atoms with E-state index in [1.165, 1.54) is 17.7 Å². The number of hydrogen-bond donors (Lipinski definition) is 2. The summed E-state index contributed by atoms with van der Waals surface area (Å²) in [6.45, 7) is 8.86. The summed E-state index contributed by atoms with van der Waals surface area (Å²) in [7, 11) is 0. The Kier molecular flexibility index (Phi) is 8.05. The van der Waals surface area contributed by atoms with Crippen LogP contribution in [0.4, 0.5) is 13.2 Å². The molecule has 0 amide bonds. The number of aliphatic hydroxyl groups is 1. The van der Waals surface area contributed by atoms with E-state index < -0.39 is 17.8 Å². The smallest absolute Gasteiger partial charge is 0.417 e. The van der Waals surface area contributed by atoms with Gasteiger partial charge in [-0.15, -0.1) is 0 Å².